The fraction of sp³-hybridized carbons (Fsp3) is 0.235. The minimum atomic E-state index is -0.600. The first-order valence-electron chi connectivity index (χ1n) is 7.23. The van der Waals surface area contributed by atoms with E-state index in [1.54, 1.807) is 0 Å². The van der Waals surface area contributed by atoms with Crippen LogP contribution in [-0.4, -0.2) is 28.1 Å². The number of urea groups is 1. The van der Waals surface area contributed by atoms with Crippen LogP contribution in [-0.2, 0) is 0 Å². The van der Waals surface area contributed by atoms with Gasteiger partial charge in [0.2, 0.25) is 5.95 Å². The van der Waals surface area contributed by atoms with Crippen LogP contribution in [0.4, 0.5) is 19.5 Å². The van der Waals surface area contributed by atoms with Gasteiger partial charge in [0, 0.05) is 12.4 Å². The fourth-order valence-corrected chi connectivity index (χ4v) is 2.28. The minimum Gasteiger partial charge on any atom is -0.331 e. The number of carbonyl (C=O) groups is 1. The summed E-state index contributed by atoms with van der Waals surface area (Å²) >= 11 is 0. The number of nitrogens with zero attached hydrogens (tertiary/aromatic N) is 3. The van der Waals surface area contributed by atoms with Gasteiger partial charge in [0.15, 0.2) is 0 Å². The number of rotatable bonds is 1. The van der Waals surface area contributed by atoms with Crippen molar-refractivity contribution in [3.63, 3.8) is 0 Å². The number of carbonyl (C=O) groups excluding carboxylic acids is 1. The molecular weight excluding hydrogens is 314 g/mol. The van der Waals surface area contributed by atoms with Crippen molar-refractivity contribution in [1.29, 1.82) is 0 Å². The first kappa shape index (κ1) is 15.9. The molecule has 0 atom stereocenters. The second-order valence-electron chi connectivity index (χ2n) is 6.05. The molecule has 0 bridgehead atoms. The Balaban J connectivity index is 1.80. The van der Waals surface area contributed by atoms with Gasteiger partial charge in [-0.15, -0.1) is 0 Å². The molecule has 0 radical (unpaired) electrons. The van der Waals surface area contributed by atoms with Crippen LogP contribution >= 0.6 is 0 Å². The Bertz CT molecular complexity index is 853. The standard InChI is InChI=1S/C17H14F2N4O/c1-17(2)10-23(16(24)22-17)15-20-8-11(9-21-15)3-4-12-7-13(18)5-6-14(12)19/h5-9H,10H2,1-2H3,(H,22,24). The molecule has 1 fully saturated rings. The lowest BCUT2D eigenvalue weighted by atomic mass is 10.1. The smallest absolute Gasteiger partial charge is 0.324 e. The number of hydrogen-bond donors (Lipinski definition) is 1. The van der Waals surface area contributed by atoms with Gasteiger partial charge in [0.05, 0.1) is 23.2 Å². The van der Waals surface area contributed by atoms with Gasteiger partial charge < -0.3 is 5.32 Å². The summed E-state index contributed by atoms with van der Waals surface area (Å²) in [5.41, 5.74) is 0.0365. The maximum atomic E-state index is 13.5. The van der Waals surface area contributed by atoms with Crippen molar-refractivity contribution in [3.8, 4) is 11.8 Å². The second-order valence-corrected chi connectivity index (χ2v) is 6.05. The summed E-state index contributed by atoms with van der Waals surface area (Å²) in [6.07, 6.45) is 2.87. The van der Waals surface area contributed by atoms with Crippen molar-refractivity contribution in [2.75, 3.05) is 11.4 Å². The Morgan fingerprint density at radius 2 is 1.92 bits per heavy atom. The maximum Gasteiger partial charge on any atom is 0.324 e. The summed E-state index contributed by atoms with van der Waals surface area (Å²) in [6.45, 7) is 4.25. The van der Waals surface area contributed by atoms with Crippen molar-refractivity contribution in [2.45, 2.75) is 19.4 Å². The van der Waals surface area contributed by atoms with E-state index in [2.05, 4.69) is 27.1 Å². The molecule has 2 aromatic rings. The zero-order valence-electron chi connectivity index (χ0n) is 13.1. The van der Waals surface area contributed by atoms with Gasteiger partial charge >= 0.3 is 6.03 Å². The molecule has 5 nitrogen and oxygen atoms in total. The van der Waals surface area contributed by atoms with E-state index in [0.717, 1.165) is 18.2 Å². The molecule has 1 aromatic heterocycles. The van der Waals surface area contributed by atoms with Crippen molar-refractivity contribution in [2.24, 2.45) is 0 Å². The number of amides is 2. The van der Waals surface area contributed by atoms with Crippen LogP contribution in [0.5, 0.6) is 0 Å². The van der Waals surface area contributed by atoms with Crippen molar-refractivity contribution in [3.05, 3.63) is 53.4 Å². The van der Waals surface area contributed by atoms with E-state index in [-0.39, 0.29) is 23.1 Å². The molecule has 0 aliphatic carbocycles. The minimum absolute atomic E-state index is 0.0419. The van der Waals surface area contributed by atoms with E-state index < -0.39 is 11.6 Å². The third-order valence-electron chi connectivity index (χ3n) is 3.39. The summed E-state index contributed by atoms with van der Waals surface area (Å²) in [5, 5.41) is 2.82. The molecule has 0 unspecified atom stereocenters. The van der Waals surface area contributed by atoms with Gasteiger partial charge in [-0.05, 0) is 32.0 Å². The number of aromatic nitrogens is 2. The molecule has 2 heterocycles. The molecular formula is C17H14F2N4O. The highest BCUT2D eigenvalue weighted by atomic mass is 19.1. The van der Waals surface area contributed by atoms with Gasteiger partial charge in [-0.1, -0.05) is 11.8 Å². The quantitative estimate of drug-likeness (QED) is 0.818. The highest BCUT2D eigenvalue weighted by Gasteiger charge is 2.36. The predicted molar refractivity (Wildman–Crippen MR) is 84.3 cm³/mol. The molecule has 1 N–H and O–H groups in total. The number of benzene rings is 1. The average molecular weight is 328 g/mol. The molecule has 2 amide bonds. The Kier molecular flexibility index (Phi) is 3.89. The molecule has 1 aliphatic heterocycles. The van der Waals surface area contributed by atoms with Gasteiger partial charge in [0.25, 0.3) is 0 Å². The summed E-state index contributed by atoms with van der Waals surface area (Å²) in [6, 6.07) is 2.81. The molecule has 122 valence electrons. The highest BCUT2D eigenvalue weighted by molar-refractivity contribution is 5.93. The van der Waals surface area contributed by atoms with Crippen LogP contribution in [0.2, 0.25) is 0 Å². The molecule has 0 spiro atoms. The third kappa shape index (κ3) is 3.33. The zero-order chi connectivity index (χ0) is 17.3. The molecule has 1 saturated heterocycles. The monoisotopic (exact) mass is 328 g/mol. The largest absolute Gasteiger partial charge is 0.331 e. The fourth-order valence-electron chi connectivity index (χ4n) is 2.28. The first-order chi connectivity index (χ1) is 11.3. The Hall–Kier alpha value is -3.01. The lowest BCUT2D eigenvalue weighted by Gasteiger charge is -2.16. The Morgan fingerprint density at radius 3 is 2.54 bits per heavy atom. The summed E-state index contributed by atoms with van der Waals surface area (Å²) in [4.78, 5) is 21.5. The Labute approximate surface area is 137 Å². The third-order valence-corrected chi connectivity index (χ3v) is 3.39. The SMILES string of the molecule is CC1(C)CN(c2ncc(C#Cc3cc(F)ccc3F)cn2)C(=O)N1. The molecule has 0 saturated carbocycles. The van der Waals surface area contributed by atoms with Gasteiger partial charge in [-0.3, -0.25) is 4.90 Å². The molecule has 1 aromatic carbocycles. The number of anilines is 1. The van der Waals surface area contributed by atoms with Crippen LogP contribution in [0.3, 0.4) is 0 Å². The van der Waals surface area contributed by atoms with E-state index in [0.29, 0.717) is 12.1 Å². The van der Waals surface area contributed by atoms with E-state index in [4.69, 9.17) is 0 Å². The molecule has 1 aliphatic rings. The van der Waals surface area contributed by atoms with E-state index in [1.165, 1.54) is 17.3 Å². The summed E-state index contributed by atoms with van der Waals surface area (Å²) in [7, 11) is 0. The highest BCUT2D eigenvalue weighted by Crippen LogP contribution is 2.19. The first-order valence-corrected chi connectivity index (χ1v) is 7.23. The molecule has 7 heteroatoms. The average Bonchev–Trinajstić information content (AvgIpc) is 2.81. The number of halogens is 2. The lowest BCUT2D eigenvalue weighted by Crippen LogP contribution is -2.36. The molecule has 3 rings (SSSR count). The van der Waals surface area contributed by atoms with Crippen molar-refractivity contribution >= 4 is 12.0 Å². The van der Waals surface area contributed by atoms with Crippen LogP contribution in [0.25, 0.3) is 0 Å². The molecule has 24 heavy (non-hydrogen) atoms. The van der Waals surface area contributed by atoms with Crippen molar-refractivity contribution < 1.29 is 13.6 Å². The number of hydrogen-bond acceptors (Lipinski definition) is 3. The van der Waals surface area contributed by atoms with Crippen LogP contribution < -0.4 is 10.2 Å². The van der Waals surface area contributed by atoms with E-state index >= 15 is 0 Å². The number of nitrogens with one attached hydrogen (secondary N) is 1. The van der Waals surface area contributed by atoms with E-state index in [1.807, 2.05) is 13.8 Å². The van der Waals surface area contributed by atoms with Crippen LogP contribution in [0, 0.1) is 23.5 Å². The van der Waals surface area contributed by atoms with Crippen molar-refractivity contribution in [1.82, 2.24) is 15.3 Å². The topological polar surface area (TPSA) is 58.1 Å². The summed E-state index contributed by atoms with van der Waals surface area (Å²) < 4.78 is 26.6. The van der Waals surface area contributed by atoms with Gasteiger partial charge in [0.1, 0.15) is 11.6 Å². The Morgan fingerprint density at radius 1 is 1.21 bits per heavy atom. The maximum absolute atomic E-state index is 13.5. The lowest BCUT2D eigenvalue weighted by molar-refractivity contribution is 0.248. The van der Waals surface area contributed by atoms with Crippen LogP contribution in [0.15, 0.2) is 30.6 Å². The second kappa shape index (κ2) is 5.89. The normalized spacial score (nSPS) is 15.7. The zero-order valence-corrected chi connectivity index (χ0v) is 13.1. The predicted octanol–water partition coefficient (Wildman–Crippen LogP) is 2.46. The van der Waals surface area contributed by atoms with Gasteiger partial charge in [-0.25, -0.2) is 23.5 Å². The summed E-state index contributed by atoms with van der Waals surface area (Å²) in [5.74, 6) is 4.32. The van der Waals surface area contributed by atoms with Crippen LogP contribution in [0.1, 0.15) is 25.0 Å². The van der Waals surface area contributed by atoms with Gasteiger partial charge in [-0.2, -0.15) is 0 Å². The van der Waals surface area contributed by atoms with E-state index in [9.17, 15) is 13.6 Å².